The van der Waals surface area contributed by atoms with Gasteiger partial charge in [-0.15, -0.1) is 0 Å². The van der Waals surface area contributed by atoms with E-state index in [0.29, 0.717) is 19.4 Å². The topological polar surface area (TPSA) is 50.1 Å². The van der Waals surface area contributed by atoms with Crippen molar-refractivity contribution in [2.24, 2.45) is 0 Å². The Kier molecular flexibility index (Phi) is 8.90. The molecule has 0 amide bonds. The van der Waals surface area contributed by atoms with E-state index < -0.39 is 0 Å². The van der Waals surface area contributed by atoms with Gasteiger partial charge in [-0.3, -0.25) is 4.79 Å². The van der Waals surface area contributed by atoms with Crippen molar-refractivity contribution >= 4 is 17.7 Å². The average Bonchev–Trinajstić information content (AvgIpc) is 2.11. The van der Waals surface area contributed by atoms with Gasteiger partial charge in [-0.2, -0.15) is 17.0 Å². The van der Waals surface area contributed by atoms with Crippen molar-refractivity contribution < 1.29 is 9.53 Å². The highest BCUT2D eigenvalue weighted by molar-refractivity contribution is 7.99. The Hall–Kier alpha value is -0.690. The van der Waals surface area contributed by atoms with Crippen LogP contribution in [-0.4, -0.2) is 24.1 Å². The number of hydrogen-bond acceptors (Lipinski definition) is 4. The lowest BCUT2D eigenvalue weighted by molar-refractivity contribution is -0.142. The zero-order valence-corrected chi connectivity index (χ0v) is 8.73. The van der Waals surface area contributed by atoms with E-state index in [2.05, 4.69) is 6.07 Å². The number of thioether (sulfide) groups is 1. The van der Waals surface area contributed by atoms with E-state index in [1.165, 1.54) is 0 Å². The van der Waals surface area contributed by atoms with Crippen molar-refractivity contribution in [2.75, 3.05) is 18.1 Å². The molecule has 0 N–H and O–H groups in total. The molecule has 3 nitrogen and oxygen atoms in total. The minimum absolute atomic E-state index is 0.129. The Morgan fingerprint density at radius 2 is 2.31 bits per heavy atom. The fourth-order valence-electron chi connectivity index (χ4n) is 0.744. The summed E-state index contributed by atoms with van der Waals surface area (Å²) in [6.45, 7) is 2.26. The average molecular weight is 201 g/mol. The second-order valence-corrected chi connectivity index (χ2v) is 3.65. The van der Waals surface area contributed by atoms with Gasteiger partial charge in [-0.05, 0) is 19.1 Å². The summed E-state index contributed by atoms with van der Waals surface area (Å²) in [4.78, 5) is 10.8. The standard InChI is InChI=1S/C9H15NO2S/c1-2-12-9(11)5-8-13-7-4-3-6-10/h2-5,7-8H2,1H3. The molecule has 74 valence electrons. The molecule has 4 heteroatoms. The summed E-state index contributed by atoms with van der Waals surface area (Å²) in [5.74, 6) is 1.62. The van der Waals surface area contributed by atoms with Gasteiger partial charge in [-0.1, -0.05) is 0 Å². The number of ether oxygens (including phenoxy) is 1. The molecule has 0 unspecified atom stereocenters. The molecule has 0 aliphatic heterocycles. The highest BCUT2D eigenvalue weighted by Gasteiger charge is 2.00. The minimum Gasteiger partial charge on any atom is -0.466 e. The molecule has 0 bridgehead atoms. The van der Waals surface area contributed by atoms with Gasteiger partial charge in [0.2, 0.25) is 0 Å². The molecule has 0 aromatic rings. The molecular weight excluding hydrogens is 186 g/mol. The quantitative estimate of drug-likeness (QED) is 0.467. The second-order valence-electron chi connectivity index (χ2n) is 2.43. The third-order valence-electron chi connectivity index (χ3n) is 1.33. The lowest BCUT2D eigenvalue weighted by Gasteiger charge is -2.00. The molecule has 0 aliphatic rings. The Morgan fingerprint density at radius 3 is 2.92 bits per heavy atom. The van der Waals surface area contributed by atoms with Crippen LogP contribution in [-0.2, 0) is 9.53 Å². The summed E-state index contributed by atoms with van der Waals surface area (Å²) >= 11 is 1.70. The zero-order valence-electron chi connectivity index (χ0n) is 7.91. The smallest absolute Gasteiger partial charge is 0.306 e. The number of rotatable bonds is 7. The summed E-state index contributed by atoms with van der Waals surface area (Å²) in [6, 6.07) is 2.08. The highest BCUT2D eigenvalue weighted by atomic mass is 32.2. The monoisotopic (exact) mass is 201 g/mol. The van der Waals surface area contributed by atoms with E-state index in [1.54, 1.807) is 18.7 Å². The lowest BCUT2D eigenvalue weighted by atomic mass is 10.4. The maximum Gasteiger partial charge on any atom is 0.306 e. The summed E-state index contributed by atoms with van der Waals surface area (Å²) in [5.41, 5.74) is 0. The second kappa shape index (κ2) is 9.40. The van der Waals surface area contributed by atoms with Crippen LogP contribution in [0.1, 0.15) is 26.2 Å². The van der Waals surface area contributed by atoms with Crippen molar-refractivity contribution in [3.63, 3.8) is 0 Å². The lowest BCUT2D eigenvalue weighted by Crippen LogP contribution is -2.04. The maximum atomic E-state index is 10.8. The Labute approximate surface area is 83.4 Å². The molecule has 0 saturated carbocycles. The third-order valence-corrected chi connectivity index (χ3v) is 2.40. The van der Waals surface area contributed by atoms with Gasteiger partial charge in [0.05, 0.1) is 19.1 Å². The zero-order chi connectivity index (χ0) is 9.94. The van der Waals surface area contributed by atoms with Gasteiger partial charge >= 0.3 is 5.97 Å². The van der Waals surface area contributed by atoms with E-state index in [9.17, 15) is 4.79 Å². The Bertz CT molecular complexity index is 177. The summed E-state index contributed by atoms with van der Waals surface area (Å²) < 4.78 is 4.76. The summed E-state index contributed by atoms with van der Waals surface area (Å²) in [5, 5.41) is 8.25. The van der Waals surface area contributed by atoms with Crippen molar-refractivity contribution in [3.05, 3.63) is 0 Å². The van der Waals surface area contributed by atoms with Gasteiger partial charge in [0.1, 0.15) is 0 Å². The SMILES string of the molecule is CCOC(=O)CCSCCCC#N. The number of nitrogens with zero attached hydrogens (tertiary/aromatic N) is 1. The van der Waals surface area contributed by atoms with Crippen LogP contribution in [0.4, 0.5) is 0 Å². The van der Waals surface area contributed by atoms with Crippen LogP contribution in [0.25, 0.3) is 0 Å². The molecule has 0 heterocycles. The molecule has 13 heavy (non-hydrogen) atoms. The molecule has 0 rings (SSSR count). The Balaban J connectivity index is 3.07. The first-order chi connectivity index (χ1) is 6.31. The van der Waals surface area contributed by atoms with E-state index in [0.717, 1.165) is 17.9 Å². The van der Waals surface area contributed by atoms with Crippen LogP contribution in [0, 0.1) is 11.3 Å². The van der Waals surface area contributed by atoms with Gasteiger partial charge < -0.3 is 4.74 Å². The van der Waals surface area contributed by atoms with Crippen molar-refractivity contribution in [1.29, 1.82) is 5.26 Å². The van der Waals surface area contributed by atoms with E-state index in [4.69, 9.17) is 10.00 Å². The molecule has 0 radical (unpaired) electrons. The molecular formula is C9H15NO2S. The van der Waals surface area contributed by atoms with Gasteiger partial charge in [-0.25, -0.2) is 0 Å². The van der Waals surface area contributed by atoms with Crippen LogP contribution in [0.2, 0.25) is 0 Å². The first kappa shape index (κ1) is 12.3. The largest absolute Gasteiger partial charge is 0.466 e. The van der Waals surface area contributed by atoms with Crippen LogP contribution < -0.4 is 0 Å². The van der Waals surface area contributed by atoms with Crippen LogP contribution in [0.3, 0.4) is 0 Å². The van der Waals surface area contributed by atoms with Gasteiger partial charge in [0.15, 0.2) is 0 Å². The fourth-order valence-corrected chi connectivity index (χ4v) is 1.61. The molecule has 0 atom stereocenters. The summed E-state index contributed by atoms with van der Waals surface area (Å²) in [6.07, 6.45) is 1.99. The number of hydrogen-bond donors (Lipinski definition) is 0. The van der Waals surface area contributed by atoms with Crippen LogP contribution in [0.15, 0.2) is 0 Å². The van der Waals surface area contributed by atoms with Gasteiger partial charge in [0.25, 0.3) is 0 Å². The number of carbonyl (C=O) groups is 1. The van der Waals surface area contributed by atoms with Crippen LogP contribution in [0.5, 0.6) is 0 Å². The van der Waals surface area contributed by atoms with E-state index in [1.807, 2.05) is 0 Å². The number of carbonyl (C=O) groups excluding carboxylic acids is 1. The first-order valence-corrected chi connectivity index (χ1v) is 5.57. The van der Waals surface area contributed by atoms with Gasteiger partial charge in [0, 0.05) is 12.2 Å². The van der Waals surface area contributed by atoms with E-state index in [-0.39, 0.29) is 5.97 Å². The number of unbranched alkanes of at least 4 members (excludes halogenated alkanes) is 1. The number of nitriles is 1. The molecule has 0 spiro atoms. The van der Waals surface area contributed by atoms with E-state index >= 15 is 0 Å². The fraction of sp³-hybridized carbons (Fsp3) is 0.778. The van der Waals surface area contributed by atoms with Crippen molar-refractivity contribution in [2.45, 2.75) is 26.2 Å². The normalized spacial score (nSPS) is 9.23. The number of esters is 1. The maximum absolute atomic E-state index is 10.8. The molecule has 0 fully saturated rings. The third kappa shape index (κ3) is 9.22. The molecule has 0 aromatic carbocycles. The highest BCUT2D eigenvalue weighted by Crippen LogP contribution is 2.06. The molecule has 0 saturated heterocycles. The molecule has 0 aliphatic carbocycles. The Morgan fingerprint density at radius 1 is 1.54 bits per heavy atom. The predicted octanol–water partition coefficient (Wildman–Crippen LogP) is 1.98. The minimum atomic E-state index is -0.129. The molecule has 0 aromatic heterocycles. The van der Waals surface area contributed by atoms with Crippen molar-refractivity contribution in [1.82, 2.24) is 0 Å². The van der Waals surface area contributed by atoms with Crippen molar-refractivity contribution in [3.8, 4) is 6.07 Å². The first-order valence-electron chi connectivity index (χ1n) is 4.41. The summed E-state index contributed by atoms with van der Waals surface area (Å²) in [7, 11) is 0. The van der Waals surface area contributed by atoms with Crippen LogP contribution >= 0.6 is 11.8 Å². The predicted molar refractivity (Wildman–Crippen MR) is 53.4 cm³/mol.